The van der Waals surface area contributed by atoms with E-state index >= 15 is 0 Å². The van der Waals surface area contributed by atoms with Crippen LogP contribution in [-0.2, 0) is 0 Å². The monoisotopic (exact) mass is 360 g/mol. The van der Waals surface area contributed by atoms with Gasteiger partial charge in [-0.05, 0) is 45.7 Å². The Bertz CT molecular complexity index is 782. The lowest BCUT2D eigenvalue weighted by Crippen LogP contribution is -2.47. The summed E-state index contributed by atoms with van der Waals surface area (Å²) in [6, 6.07) is 3.55. The predicted octanol–water partition coefficient (Wildman–Crippen LogP) is 2.75. The average molecular weight is 360 g/mol. The van der Waals surface area contributed by atoms with Gasteiger partial charge >= 0.3 is 6.03 Å². The lowest BCUT2D eigenvalue weighted by molar-refractivity contribution is 0.139. The normalized spacial score (nSPS) is 15.5. The van der Waals surface area contributed by atoms with E-state index in [2.05, 4.69) is 15.3 Å². The molecule has 3 rings (SSSR count). The van der Waals surface area contributed by atoms with E-state index in [1.807, 2.05) is 32.7 Å². The van der Waals surface area contributed by atoms with Crippen LogP contribution in [0.2, 0.25) is 0 Å². The quantitative estimate of drug-likeness (QED) is 0.790. The number of piperidine rings is 1. The third kappa shape index (κ3) is 3.40. The van der Waals surface area contributed by atoms with E-state index < -0.39 is 5.95 Å². The van der Waals surface area contributed by atoms with E-state index in [9.17, 15) is 9.18 Å². The van der Waals surface area contributed by atoms with E-state index in [0.29, 0.717) is 18.8 Å². The molecule has 0 radical (unpaired) electrons. The minimum absolute atomic E-state index is 0.0660. The third-order valence-corrected chi connectivity index (χ3v) is 5.13. The van der Waals surface area contributed by atoms with Crippen molar-refractivity contribution >= 4 is 6.03 Å². The molecule has 1 aliphatic rings. The molecule has 7 nitrogen and oxygen atoms in total. The highest BCUT2D eigenvalue weighted by Crippen LogP contribution is 2.30. The molecular weight excluding hydrogens is 335 g/mol. The van der Waals surface area contributed by atoms with Crippen molar-refractivity contribution in [2.75, 3.05) is 20.1 Å². The van der Waals surface area contributed by atoms with Gasteiger partial charge in [-0.3, -0.25) is 0 Å². The summed E-state index contributed by atoms with van der Waals surface area (Å²) in [5.74, 6) is -0.346. The molecule has 2 aromatic heterocycles. The van der Waals surface area contributed by atoms with Crippen LogP contribution in [0.1, 0.15) is 44.0 Å². The summed E-state index contributed by atoms with van der Waals surface area (Å²) in [7, 11) is 1.83. The average Bonchev–Trinajstić information content (AvgIpc) is 3.02. The minimum Gasteiger partial charge on any atom is -0.325 e. The van der Waals surface area contributed by atoms with E-state index in [1.54, 1.807) is 17.0 Å². The van der Waals surface area contributed by atoms with Crippen LogP contribution in [0.15, 0.2) is 18.3 Å². The molecule has 1 aliphatic heterocycles. The minimum atomic E-state index is -0.566. The highest BCUT2D eigenvalue weighted by molar-refractivity contribution is 5.74. The summed E-state index contributed by atoms with van der Waals surface area (Å²) in [5, 5.41) is 8.42. The molecule has 0 saturated carbocycles. The Balaban J connectivity index is 1.71. The van der Waals surface area contributed by atoms with Crippen molar-refractivity contribution in [1.82, 2.24) is 29.8 Å². The number of hydrogen-bond donors (Lipinski definition) is 0. The standard InChI is InChI=1S/C18H25FN6O/c1-12(2)23(4)18(26)24-10-7-14(8-11-24)16-13(3)25(22-21-16)15-6-5-9-20-17(15)19/h5-6,9,12,14H,7-8,10-11H2,1-4H3. The number of hydrogen-bond acceptors (Lipinski definition) is 4. The van der Waals surface area contributed by atoms with Crippen molar-refractivity contribution in [3.63, 3.8) is 0 Å². The van der Waals surface area contributed by atoms with Gasteiger partial charge in [0.15, 0.2) is 0 Å². The number of pyridine rings is 1. The Morgan fingerprint density at radius 2 is 2.04 bits per heavy atom. The van der Waals surface area contributed by atoms with Gasteiger partial charge in [-0.2, -0.15) is 4.39 Å². The maximum absolute atomic E-state index is 13.9. The zero-order chi connectivity index (χ0) is 18.8. The van der Waals surface area contributed by atoms with Crippen LogP contribution in [-0.4, -0.2) is 62.0 Å². The van der Waals surface area contributed by atoms with Crippen LogP contribution < -0.4 is 0 Å². The number of likely N-dealkylation sites (tertiary alicyclic amines) is 1. The smallest absolute Gasteiger partial charge is 0.319 e. The summed E-state index contributed by atoms with van der Waals surface area (Å²) < 4.78 is 15.4. The lowest BCUT2D eigenvalue weighted by atomic mass is 9.92. The van der Waals surface area contributed by atoms with Crippen LogP contribution in [0.4, 0.5) is 9.18 Å². The Hall–Kier alpha value is -2.51. The molecule has 0 aliphatic carbocycles. The summed E-state index contributed by atoms with van der Waals surface area (Å²) in [6.45, 7) is 7.28. The van der Waals surface area contributed by atoms with Crippen LogP contribution in [0.5, 0.6) is 0 Å². The Labute approximate surface area is 152 Å². The zero-order valence-electron chi connectivity index (χ0n) is 15.7. The summed E-state index contributed by atoms with van der Waals surface area (Å²) in [6.07, 6.45) is 3.06. The van der Waals surface area contributed by atoms with Crippen LogP contribution in [0.3, 0.4) is 0 Å². The fourth-order valence-corrected chi connectivity index (χ4v) is 3.27. The molecule has 2 amide bonds. The molecule has 0 atom stereocenters. The van der Waals surface area contributed by atoms with Gasteiger partial charge in [-0.25, -0.2) is 14.5 Å². The molecular formula is C18H25FN6O. The summed E-state index contributed by atoms with van der Waals surface area (Å²) >= 11 is 0. The Morgan fingerprint density at radius 1 is 1.35 bits per heavy atom. The number of rotatable bonds is 3. The molecule has 0 spiro atoms. The Kier molecular flexibility index (Phi) is 5.20. The van der Waals surface area contributed by atoms with Crippen molar-refractivity contribution in [2.45, 2.75) is 45.6 Å². The van der Waals surface area contributed by atoms with Gasteiger partial charge in [0.25, 0.3) is 0 Å². The number of urea groups is 1. The molecule has 0 N–H and O–H groups in total. The second kappa shape index (κ2) is 7.39. The van der Waals surface area contributed by atoms with Crippen molar-refractivity contribution in [1.29, 1.82) is 0 Å². The predicted molar refractivity (Wildman–Crippen MR) is 95.7 cm³/mol. The second-order valence-corrected chi connectivity index (χ2v) is 7.03. The van der Waals surface area contributed by atoms with Crippen molar-refractivity contribution in [3.8, 4) is 5.69 Å². The van der Waals surface area contributed by atoms with Crippen molar-refractivity contribution < 1.29 is 9.18 Å². The summed E-state index contributed by atoms with van der Waals surface area (Å²) in [5.41, 5.74) is 1.99. The first-order valence-corrected chi connectivity index (χ1v) is 8.95. The molecule has 140 valence electrons. The number of aromatic nitrogens is 4. The van der Waals surface area contributed by atoms with Crippen molar-refractivity contribution in [2.24, 2.45) is 0 Å². The molecule has 0 bridgehead atoms. The van der Waals surface area contributed by atoms with Gasteiger partial charge < -0.3 is 9.80 Å². The van der Waals surface area contributed by atoms with Gasteiger partial charge in [0.2, 0.25) is 5.95 Å². The van der Waals surface area contributed by atoms with Crippen LogP contribution in [0, 0.1) is 12.9 Å². The number of carbonyl (C=O) groups is 1. The van der Waals surface area contributed by atoms with Crippen molar-refractivity contribution in [3.05, 3.63) is 35.7 Å². The van der Waals surface area contributed by atoms with E-state index in [-0.39, 0.29) is 18.0 Å². The first-order valence-electron chi connectivity index (χ1n) is 8.95. The van der Waals surface area contributed by atoms with Gasteiger partial charge in [-0.15, -0.1) is 5.10 Å². The topological polar surface area (TPSA) is 67.2 Å². The molecule has 1 saturated heterocycles. The first kappa shape index (κ1) is 18.3. The highest BCUT2D eigenvalue weighted by Gasteiger charge is 2.29. The fourth-order valence-electron chi connectivity index (χ4n) is 3.27. The van der Waals surface area contributed by atoms with E-state index in [4.69, 9.17) is 0 Å². The highest BCUT2D eigenvalue weighted by atomic mass is 19.1. The first-order chi connectivity index (χ1) is 12.4. The van der Waals surface area contributed by atoms with E-state index in [0.717, 1.165) is 24.2 Å². The zero-order valence-corrected chi connectivity index (χ0v) is 15.7. The SMILES string of the molecule is Cc1c(C2CCN(C(=O)N(C)C(C)C)CC2)nnn1-c1cccnc1F. The second-order valence-electron chi connectivity index (χ2n) is 7.03. The molecule has 26 heavy (non-hydrogen) atoms. The number of amides is 2. The Morgan fingerprint density at radius 3 is 2.65 bits per heavy atom. The largest absolute Gasteiger partial charge is 0.325 e. The molecule has 0 aromatic carbocycles. The van der Waals surface area contributed by atoms with E-state index in [1.165, 1.54) is 10.9 Å². The number of carbonyl (C=O) groups excluding carboxylic acids is 1. The van der Waals surface area contributed by atoms with Crippen LogP contribution >= 0.6 is 0 Å². The van der Waals surface area contributed by atoms with Gasteiger partial charge in [-0.1, -0.05) is 5.21 Å². The number of halogens is 1. The molecule has 2 aromatic rings. The molecule has 0 unspecified atom stereocenters. The maximum atomic E-state index is 13.9. The number of nitrogens with zero attached hydrogens (tertiary/aromatic N) is 6. The fraction of sp³-hybridized carbons (Fsp3) is 0.556. The van der Waals surface area contributed by atoms with Gasteiger partial charge in [0, 0.05) is 38.3 Å². The summed E-state index contributed by atoms with van der Waals surface area (Å²) in [4.78, 5) is 19.8. The lowest BCUT2D eigenvalue weighted by Gasteiger charge is -2.35. The maximum Gasteiger partial charge on any atom is 0.319 e. The van der Waals surface area contributed by atoms with Gasteiger partial charge in [0.05, 0.1) is 11.4 Å². The molecule has 8 heteroatoms. The van der Waals surface area contributed by atoms with Crippen LogP contribution in [0.25, 0.3) is 5.69 Å². The van der Waals surface area contributed by atoms with Gasteiger partial charge in [0.1, 0.15) is 5.69 Å². The third-order valence-electron chi connectivity index (χ3n) is 5.13. The molecule has 3 heterocycles. The molecule has 1 fully saturated rings.